The minimum absolute atomic E-state index is 0.714. The van der Waals surface area contributed by atoms with Crippen molar-refractivity contribution in [3.63, 3.8) is 0 Å². The fraction of sp³-hybridized carbons (Fsp3) is 1.00. The van der Waals surface area contributed by atoms with Crippen molar-refractivity contribution in [1.82, 2.24) is 10.2 Å². The average Bonchev–Trinajstić information content (AvgIpc) is 2.69. The van der Waals surface area contributed by atoms with E-state index < -0.39 is 0 Å². The number of nitrogens with one attached hydrogen (secondary N) is 1. The molecule has 3 nitrogen and oxygen atoms in total. The van der Waals surface area contributed by atoms with Crippen molar-refractivity contribution in [3.05, 3.63) is 0 Å². The summed E-state index contributed by atoms with van der Waals surface area (Å²) in [5.41, 5.74) is 0. The van der Waals surface area contributed by atoms with E-state index in [0.717, 1.165) is 32.2 Å². The van der Waals surface area contributed by atoms with E-state index >= 15 is 0 Å². The molecular formula is C11H22N2O. The Morgan fingerprint density at radius 2 is 2.43 bits per heavy atom. The van der Waals surface area contributed by atoms with E-state index in [4.69, 9.17) is 4.74 Å². The number of nitrogens with zero attached hydrogens (tertiary/aromatic N) is 1. The molecule has 0 bridgehead atoms. The summed E-state index contributed by atoms with van der Waals surface area (Å²) in [7, 11) is 0. The van der Waals surface area contributed by atoms with Crippen LogP contribution in [0.4, 0.5) is 0 Å². The quantitative estimate of drug-likeness (QED) is 0.723. The molecule has 0 aliphatic carbocycles. The van der Waals surface area contributed by atoms with E-state index in [-0.39, 0.29) is 0 Å². The van der Waals surface area contributed by atoms with Gasteiger partial charge in [-0.15, -0.1) is 0 Å². The topological polar surface area (TPSA) is 24.5 Å². The van der Waals surface area contributed by atoms with Gasteiger partial charge in [0.15, 0.2) is 0 Å². The molecule has 2 aliphatic heterocycles. The van der Waals surface area contributed by atoms with Gasteiger partial charge in [0.25, 0.3) is 0 Å². The summed E-state index contributed by atoms with van der Waals surface area (Å²) >= 11 is 0. The summed E-state index contributed by atoms with van der Waals surface area (Å²) < 4.78 is 5.39. The lowest BCUT2D eigenvalue weighted by Crippen LogP contribution is -2.50. The molecule has 82 valence electrons. The third-order valence-corrected chi connectivity index (χ3v) is 3.49. The molecule has 2 rings (SSSR count). The number of piperazine rings is 1. The highest BCUT2D eigenvalue weighted by Crippen LogP contribution is 2.17. The van der Waals surface area contributed by atoms with E-state index in [9.17, 15) is 0 Å². The highest BCUT2D eigenvalue weighted by atomic mass is 16.5. The van der Waals surface area contributed by atoms with E-state index in [1.807, 2.05) is 0 Å². The maximum absolute atomic E-state index is 5.39. The molecule has 2 aliphatic rings. The van der Waals surface area contributed by atoms with Gasteiger partial charge in [0.05, 0.1) is 0 Å². The van der Waals surface area contributed by atoms with Crippen molar-refractivity contribution >= 4 is 0 Å². The van der Waals surface area contributed by atoms with Gasteiger partial charge in [-0.05, 0) is 32.2 Å². The smallest absolute Gasteiger partial charge is 0.0495 e. The molecule has 1 N–H and O–H groups in total. The van der Waals surface area contributed by atoms with Crippen LogP contribution in [-0.2, 0) is 4.74 Å². The van der Waals surface area contributed by atoms with Gasteiger partial charge in [0, 0.05) is 38.9 Å². The zero-order valence-electron chi connectivity index (χ0n) is 9.17. The van der Waals surface area contributed by atoms with Crippen LogP contribution in [0.15, 0.2) is 0 Å². The number of rotatable bonds is 3. The molecule has 2 heterocycles. The molecule has 0 radical (unpaired) electrons. The number of hydrogen-bond acceptors (Lipinski definition) is 3. The Balaban J connectivity index is 1.67. The molecule has 3 heteroatoms. The van der Waals surface area contributed by atoms with Crippen LogP contribution in [0.1, 0.15) is 19.8 Å². The monoisotopic (exact) mass is 198 g/mol. The van der Waals surface area contributed by atoms with Crippen LogP contribution in [0.25, 0.3) is 0 Å². The molecule has 2 unspecified atom stereocenters. The molecule has 0 aromatic rings. The minimum Gasteiger partial charge on any atom is -0.381 e. The minimum atomic E-state index is 0.714. The summed E-state index contributed by atoms with van der Waals surface area (Å²) in [4.78, 5) is 2.61. The maximum atomic E-state index is 5.39. The van der Waals surface area contributed by atoms with Gasteiger partial charge >= 0.3 is 0 Å². The Morgan fingerprint density at radius 3 is 3.14 bits per heavy atom. The van der Waals surface area contributed by atoms with Crippen LogP contribution >= 0.6 is 0 Å². The predicted molar refractivity (Wildman–Crippen MR) is 57.4 cm³/mol. The van der Waals surface area contributed by atoms with Crippen molar-refractivity contribution in [2.24, 2.45) is 5.92 Å². The first kappa shape index (κ1) is 10.4. The lowest BCUT2D eigenvalue weighted by molar-refractivity contribution is 0.151. The molecule has 14 heavy (non-hydrogen) atoms. The molecule has 2 saturated heterocycles. The second-order valence-electron chi connectivity index (χ2n) is 4.61. The summed E-state index contributed by atoms with van der Waals surface area (Å²) in [5, 5.41) is 3.43. The fourth-order valence-corrected chi connectivity index (χ4v) is 2.37. The molecule has 0 amide bonds. The summed E-state index contributed by atoms with van der Waals surface area (Å²) in [6.07, 6.45) is 2.60. The molecule has 0 aromatic carbocycles. The van der Waals surface area contributed by atoms with Crippen LogP contribution in [0.2, 0.25) is 0 Å². The van der Waals surface area contributed by atoms with Crippen LogP contribution < -0.4 is 5.32 Å². The zero-order chi connectivity index (χ0) is 9.80. The Morgan fingerprint density at radius 1 is 1.50 bits per heavy atom. The maximum Gasteiger partial charge on any atom is 0.0495 e. The van der Waals surface area contributed by atoms with E-state index in [1.165, 1.54) is 25.9 Å². The Bertz CT molecular complexity index is 169. The Hall–Kier alpha value is -0.120. The standard InChI is InChI=1S/C11H22N2O/c1-10-8-12-4-6-13(10)5-2-11-3-7-14-9-11/h10-12H,2-9H2,1H3. The second kappa shape index (κ2) is 5.10. The zero-order valence-corrected chi connectivity index (χ0v) is 9.17. The van der Waals surface area contributed by atoms with E-state index in [0.29, 0.717) is 6.04 Å². The van der Waals surface area contributed by atoms with Gasteiger partial charge in [-0.2, -0.15) is 0 Å². The molecule has 2 atom stereocenters. The third kappa shape index (κ3) is 2.69. The van der Waals surface area contributed by atoms with Gasteiger partial charge in [-0.3, -0.25) is 4.90 Å². The first-order valence-corrected chi connectivity index (χ1v) is 5.89. The first-order valence-electron chi connectivity index (χ1n) is 5.89. The molecule has 0 spiro atoms. The normalized spacial score (nSPS) is 34.9. The van der Waals surface area contributed by atoms with Crippen molar-refractivity contribution < 1.29 is 4.74 Å². The third-order valence-electron chi connectivity index (χ3n) is 3.49. The SMILES string of the molecule is CC1CNCCN1CCC1CCOC1. The average molecular weight is 198 g/mol. The molecular weight excluding hydrogens is 176 g/mol. The summed E-state index contributed by atoms with van der Waals surface area (Å²) in [6.45, 7) is 9.10. The van der Waals surface area contributed by atoms with Crippen LogP contribution in [0.5, 0.6) is 0 Å². The first-order chi connectivity index (χ1) is 6.86. The second-order valence-corrected chi connectivity index (χ2v) is 4.61. The van der Waals surface area contributed by atoms with Crippen molar-refractivity contribution in [2.45, 2.75) is 25.8 Å². The lowest BCUT2D eigenvalue weighted by atomic mass is 10.0. The summed E-state index contributed by atoms with van der Waals surface area (Å²) in [6, 6.07) is 0.714. The van der Waals surface area contributed by atoms with Crippen molar-refractivity contribution in [1.29, 1.82) is 0 Å². The van der Waals surface area contributed by atoms with E-state index in [2.05, 4.69) is 17.1 Å². The highest BCUT2D eigenvalue weighted by molar-refractivity contribution is 4.77. The number of hydrogen-bond donors (Lipinski definition) is 1. The van der Waals surface area contributed by atoms with Gasteiger partial charge in [-0.1, -0.05) is 0 Å². The summed E-state index contributed by atoms with van der Waals surface area (Å²) in [5.74, 6) is 0.831. The van der Waals surface area contributed by atoms with Gasteiger partial charge < -0.3 is 10.1 Å². The van der Waals surface area contributed by atoms with Crippen molar-refractivity contribution in [2.75, 3.05) is 39.4 Å². The predicted octanol–water partition coefficient (Wildman–Crippen LogP) is 0.707. The number of ether oxygens (including phenoxy) is 1. The van der Waals surface area contributed by atoms with Crippen LogP contribution in [0, 0.1) is 5.92 Å². The van der Waals surface area contributed by atoms with Gasteiger partial charge in [0.2, 0.25) is 0 Å². The highest BCUT2D eigenvalue weighted by Gasteiger charge is 2.20. The van der Waals surface area contributed by atoms with E-state index in [1.54, 1.807) is 0 Å². The van der Waals surface area contributed by atoms with Crippen LogP contribution in [0.3, 0.4) is 0 Å². The Labute approximate surface area is 86.8 Å². The van der Waals surface area contributed by atoms with Crippen molar-refractivity contribution in [3.8, 4) is 0 Å². The largest absolute Gasteiger partial charge is 0.381 e. The van der Waals surface area contributed by atoms with Gasteiger partial charge in [-0.25, -0.2) is 0 Å². The van der Waals surface area contributed by atoms with Crippen LogP contribution in [-0.4, -0.2) is 50.3 Å². The lowest BCUT2D eigenvalue weighted by Gasteiger charge is -2.34. The Kier molecular flexibility index (Phi) is 3.79. The molecule has 0 aromatic heterocycles. The molecule has 0 saturated carbocycles. The fourth-order valence-electron chi connectivity index (χ4n) is 2.37. The van der Waals surface area contributed by atoms with Gasteiger partial charge in [0.1, 0.15) is 0 Å². The molecule has 2 fully saturated rings.